The number of methoxy groups -OCH3 is 1. The maximum Gasteiger partial charge on any atom is 0.410 e. The molecule has 2 aliphatic rings. The number of carbonyl (C=O) groups is 2. The van der Waals surface area contributed by atoms with Crippen LogP contribution in [-0.4, -0.2) is 87.3 Å². The quantitative estimate of drug-likeness (QED) is 0.384. The van der Waals surface area contributed by atoms with Crippen LogP contribution < -0.4 is 0 Å². The first-order valence-corrected chi connectivity index (χ1v) is 13.8. The van der Waals surface area contributed by atoms with Crippen molar-refractivity contribution >= 4 is 22.9 Å². The van der Waals surface area contributed by atoms with E-state index in [2.05, 4.69) is 18.2 Å². The van der Waals surface area contributed by atoms with E-state index < -0.39 is 17.8 Å². The van der Waals surface area contributed by atoms with Gasteiger partial charge in [-0.25, -0.2) is 4.79 Å². The molecular weight excluding hydrogens is 498 g/mol. The normalized spacial score (nSPS) is 17.9. The van der Waals surface area contributed by atoms with Crippen LogP contribution in [0.4, 0.5) is 4.79 Å². The second-order valence-corrected chi connectivity index (χ2v) is 11.3. The van der Waals surface area contributed by atoms with Gasteiger partial charge >= 0.3 is 6.09 Å². The smallest absolute Gasteiger partial charge is 0.410 e. The molecule has 2 aromatic heterocycles. The van der Waals surface area contributed by atoms with E-state index in [4.69, 9.17) is 19.3 Å². The van der Waals surface area contributed by atoms with Gasteiger partial charge in [-0.1, -0.05) is 6.07 Å². The molecule has 10 heteroatoms. The van der Waals surface area contributed by atoms with Crippen LogP contribution in [0.2, 0.25) is 0 Å². The Kier molecular flexibility index (Phi) is 7.95. The molecule has 0 N–H and O–H groups in total. The maximum atomic E-state index is 13.7. The van der Waals surface area contributed by atoms with Gasteiger partial charge in [-0.3, -0.25) is 9.48 Å². The SMILES string of the molecule is COCCCn1nc(-n2cccc2)c2ccc(CN(C(=O)[C@H]3CN(C(=O)OC(C)(C)C)CCO3)C3CC3)cc21. The van der Waals surface area contributed by atoms with Gasteiger partial charge in [0.1, 0.15) is 5.60 Å². The van der Waals surface area contributed by atoms with Crippen molar-refractivity contribution in [1.29, 1.82) is 0 Å². The number of rotatable bonds is 9. The summed E-state index contributed by atoms with van der Waals surface area (Å²) < 4.78 is 20.7. The summed E-state index contributed by atoms with van der Waals surface area (Å²) in [4.78, 5) is 29.8. The highest BCUT2D eigenvalue weighted by molar-refractivity contribution is 5.87. The van der Waals surface area contributed by atoms with Crippen molar-refractivity contribution in [2.75, 3.05) is 33.4 Å². The molecule has 210 valence electrons. The van der Waals surface area contributed by atoms with Gasteiger partial charge < -0.3 is 28.6 Å². The largest absolute Gasteiger partial charge is 0.444 e. The van der Waals surface area contributed by atoms with Crippen LogP contribution in [0.1, 0.15) is 45.6 Å². The molecule has 0 unspecified atom stereocenters. The van der Waals surface area contributed by atoms with Gasteiger partial charge in [-0.15, -0.1) is 0 Å². The number of fused-ring (bicyclic) bond motifs is 1. The molecule has 1 saturated heterocycles. The molecule has 1 aromatic carbocycles. The summed E-state index contributed by atoms with van der Waals surface area (Å²) in [5.41, 5.74) is 1.47. The fourth-order valence-corrected chi connectivity index (χ4v) is 4.94. The van der Waals surface area contributed by atoms with Crippen molar-refractivity contribution in [3.63, 3.8) is 0 Å². The van der Waals surface area contributed by atoms with Crippen LogP contribution in [0, 0.1) is 0 Å². The number of benzene rings is 1. The van der Waals surface area contributed by atoms with Gasteiger partial charge in [0, 0.05) is 57.2 Å². The molecule has 0 radical (unpaired) electrons. The van der Waals surface area contributed by atoms with E-state index in [-0.39, 0.29) is 18.5 Å². The molecule has 1 aliphatic carbocycles. The van der Waals surface area contributed by atoms with Gasteiger partial charge in [-0.2, -0.15) is 5.10 Å². The first-order valence-electron chi connectivity index (χ1n) is 13.8. The summed E-state index contributed by atoms with van der Waals surface area (Å²) in [5.74, 6) is 0.805. The number of aryl methyl sites for hydroxylation is 1. The molecule has 39 heavy (non-hydrogen) atoms. The zero-order valence-electron chi connectivity index (χ0n) is 23.3. The Hall–Kier alpha value is -3.37. The van der Waals surface area contributed by atoms with Gasteiger partial charge in [-0.05, 0) is 69.9 Å². The van der Waals surface area contributed by atoms with Crippen LogP contribution in [0.25, 0.3) is 16.7 Å². The number of amides is 2. The third-order valence-electron chi connectivity index (χ3n) is 6.98. The second kappa shape index (κ2) is 11.4. The van der Waals surface area contributed by atoms with E-state index in [0.29, 0.717) is 26.3 Å². The van der Waals surface area contributed by atoms with Crippen molar-refractivity contribution < 1.29 is 23.8 Å². The Morgan fingerprint density at radius 3 is 2.64 bits per heavy atom. The second-order valence-electron chi connectivity index (χ2n) is 11.3. The fraction of sp³-hybridized carbons (Fsp3) is 0.552. The van der Waals surface area contributed by atoms with Crippen LogP contribution in [-0.2, 0) is 32.1 Å². The topological polar surface area (TPSA) is 91.1 Å². The molecule has 2 fully saturated rings. The van der Waals surface area contributed by atoms with Crippen molar-refractivity contribution in [2.45, 2.75) is 70.9 Å². The molecule has 1 saturated carbocycles. The maximum absolute atomic E-state index is 13.7. The van der Waals surface area contributed by atoms with Crippen LogP contribution in [0.5, 0.6) is 0 Å². The zero-order chi connectivity index (χ0) is 27.6. The fourth-order valence-electron chi connectivity index (χ4n) is 4.94. The Balaban J connectivity index is 1.35. The highest BCUT2D eigenvalue weighted by Gasteiger charge is 2.39. The average molecular weight is 538 g/mol. The average Bonchev–Trinajstić information content (AvgIpc) is 3.48. The first kappa shape index (κ1) is 27.2. The van der Waals surface area contributed by atoms with Crippen LogP contribution in [0.3, 0.4) is 0 Å². The van der Waals surface area contributed by atoms with Gasteiger partial charge in [0.2, 0.25) is 0 Å². The summed E-state index contributed by atoms with van der Waals surface area (Å²) in [6.45, 7) is 8.30. The Morgan fingerprint density at radius 1 is 1.18 bits per heavy atom. The molecule has 2 amide bonds. The van der Waals surface area contributed by atoms with Crippen molar-refractivity contribution in [2.24, 2.45) is 0 Å². The van der Waals surface area contributed by atoms with E-state index >= 15 is 0 Å². The lowest BCUT2D eigenvalue weighted by atomic mass is 10.1. The minimum Gasteiger partial charge on any atom is -0.444 e. The van der Waals surface area contributed by atoms with E-state index in [1.807, 2.05) is 59.4 Å². The number of nitrogens with zero attached hydrogens (tertiary/aromatic N) is 5. The Bertz CT molecular complexity index is 1290. The molecule has 3 aromatic rings. The number of aromatic nitrogens is 3. The van der Waals surface area contributed by atoms with Crippen molar-refractivity contribution in [3.8, 4) is 5.82 Å². The van der Waals surface area contributed by atoms with E-state index in [0.717, 1.165) is 48.1 Å². The number of ether oxygens (including phenoxy) is 3. The molecular formula is C29H39N5O5. The van der Waals surface area contributed by atoms with Crippen LogP contribution in [0.15, 0.2) is 42.7 Å². The lowest BCUT2D eigenvalue weighted by molar-refractivity contribution is -0.150. The summed E-state index contributed by atoms with van der Waals surface area (Å²) in [7, 11) is 1.71. The first-order chi connectivity index (χ1) is 18.7. The molecule has 5 rings (SSSR count). The minimum atomic E-state index is -0.699. The molecule has 0 spiro atoms. The number of hydrogen-bond acceptors (Lipinski definition) is 6. The highest BCUT2D eigenvalue weighted by Crippen LogP contribution is 2.31. The molecule has 1 atom stereocenters. The minimum absolute atomic E-state index is 0.0764. The molecule has 1 aliphatic heterocycles. The third kappa shape index (κ3) is 6.45. The third-order valence-corrected chi connectivity index (χ3v) is 6.98. The summed E-state index contributed by atoms with van der Waals surface area (Å²) >= 11 is 0. The number of morpholine rings is 1. The molecule has 3 heterocycles. The van der Waals surface area contributed by atoms with Crippen molar-refractivity contribution in [1.82, 2.24) is 24.1 Å². The summed E-state index contributed by atoms with van der Waals surface area (Å²) in [5, 5.41) is 5.96. The Labute approximate surface area is 229 Å². The monoisotopic (exact) mass is 537 g/mol. The number of hydrogen-bond donors (Lipinski definition) is 0. The van der Waals surface area contributed by atoms with Gasteiger partial charge in [0.15, 0.2) is 11.9 Å². The Morgan fingerprint density at radius 2 is 1.95 bits per heavy atom. The lowest BCUT2D eigenvalue weighted by Crippen LogP contribution is -2.53. The summed E-state index contributed by atoms with van der Waals surface area (Å²) in [6.07, 6.45) is 5.68. The van der Waals surface area contributed by atoms with Gasteiger partial charge in [0.25, 0.3) is 5.91 Å². The predicted molar refractivity (Wildman–Crippen MR) is 147 cm³/mol. The highest BCUT2D eigenvalue weighted by atomic mass is 16.6. The van der Waals surface area contributed by atoms with E-state index in [1.165, 1.54) is 0 Å². The molecule has 10 nitrogen and oxygen atoms in total. The van der Waals surface area contributed by atoms with Crippen LogP contribution >= 0.6 is 0 Å². The zero-order valence-corrected chi connectivity index (χ0v) is 23.3. The molecule has 0 bridgehead atoms. The lowest BCUT2D eigenvalue weighted by Gasteiger charge is -2.36. The van der Waals surface area contributed by atoms with E-state index in [1.54, 1.807) is 12.0 Å². The predicted octanol–water partition coefficient (Wildman–Crippen LogP) is 3.99. The summed E-state index contributed by atoms with van der Waals surface area (Å²) in [6, 6.07) is 10.5. The number of carbonyl (C=O) groups excluding carboxylic acids is 2. The van der Waals surface area contributed by atoms with Crippen molar-refractivity contribution in [3.05, 3.63) is 48.3 Å². The van der Waals surface area contributed by atoms with E-state index in [9.17, 15) is 9.59 Å². The van der Waals surface area contributed by atoms with Gasteiger partial charge in [0.05, 0.1) is 18.7 Å². The standard InChI is InChI=1S/C29H39N5O5/c1-29(2,3)39-28(36)32-15-17-38-25(20-32)27(35)33(22-9-10-22)19-21-8-11-23-24(18-21)34(14-7-16-37-4)30-26(23)31-12-5-6-13-31/h5-6,8,11-13,18,22,25H,7,9-10,14-17,19-20H2,1-4H3/t25-/m1/s1.